The molecule has 0 bridgehead atoms. The summed E-state index contributed by atoms with van der Waals surface area (Å²) in [4.78, 5) is 23.2. The minimum absolute atomic E-state index is 0.177. The average Bonchev–Trinajstić information content (AvgIpc) is 2.48. The van der Waals surface area contributed by atoms with Gasteiger partial charge < -0.3 is 9.88 Å². The molecule has 1 heterocycles. The first kappa shape index (κ1) is 17.6. The van der Waals surface area contributed by atoms with Crippen molar-refractivity contribution in [2.45, 2.75) is 6.42 Å². The molecule has 0 amide bonds. The molecule has 7 heteroatoms. The zero-order valence-corrected chi connectivity index (χ0v) is 14.7. The van der Waals surface area contributed by atoms with Gasteiger partial charge in [0, 0.05) is 11.4 Å². The lowest BCUT2D eigenvalue weighted by Gasteiger charge is -2.05. The Labute approximate surface area is 145 Å². The molecule has 0 aliphatic rings. The highest BCUT2D eigenvalue weighted by atomic mass is 35.5. The molecule has 2 rings (SSSR count). The average molecular weight is 352 g/mol. The Morgan fingerprint density at radius 1 is 1.26 bits per heavy atom. The lowest BCUT2D eigenvalue weighted by Crippen LogP contribution is -2.71. The van der Waals surface area contributed by atoms with Crippen LogP contribution >= 0.6 is 23.8 Å². The number of likely N-dealkylation sites (N-methyl/N-ethyl adjacent to an activating group) is 1. The van der Waals surface area contributed by atoms with E-state index in [0.717, 1.165) is 18.7 Å². The molecule has 1 aromatic carbocycles. The maximum absolute atomic E-state index is 12.2. The summed E-state index contributed by atoms with van der Waals surface area (Å²) in [6.07, 6.45) is 2.31. The first-order chi connectivity index (χ1) is 11.0. The Kier molecular flexibility index (Phi) is 6.27. The summed E-state index contributed by atoms with van der Waals surface area (Å²) >= 11 is 11.0. The summed E-state index contributed by atoms with van der Waals surface area (Å²) in [5, 5.41) is 0.673. The van der Waals surface area contributed by atoms with Crippen LogP contribution in [0.2, 0.25) is 5.02 Å². The molecule has 23 heavy (non-hydrogen) atoms. The monoisotopic (exact) mass is 351 g/mol. The SMILES string of the molecule is CN(C)CC[NH+]=Cc1[nH]c(=S)[nH]c(=O)c1Cc1ccc(Cl)cc1. The molecule has 122 valence electrons. The van der Waals surface area contributed by atoms with Gasteiger partial charge in [-0.1, -0.05) is 23.7 Å². The predicted molar refractivity (Wildman–Crippen MR) is 96.1 cm³/mol. The molecule has 5 nitrogen and oxygen atoms in total. The van der Waals surface area contributed by atoms with Crippen molar-refractivity contribution in [2.75, 3.05) is 27.2 Å². The molecule has 2 aromatic rings. The summed E-state index contributed by atoms with van der Waals surface area (Å²) in [6.45, 7) is 1.67. The Morgan fingerprint density at radius 2 is 1.96 bits per heavy atom. The third-order valence-electron chi connectivity index (χ3n) is 3.32. The van der Waals surface area contributed by atoms with Gasteiger partial charge in [0.15, 0.2) is 17.5 Å². The van der Waals surface area contributed by atoms with Crippen LogP contribution in [-0.2, 0) is 6.42 Å². The molecule has 0 spiro atoms. The van der Waals surface area contributed by atoms with Gasteiger partial charge in [-0.3, -0.25) is 9.78 Å². The van der Waals surface area contributed by atoms with Gasteiger partial charge in [0.25, 0.3) is 5.56 Å². The minimum Gasteiger partial charge on any atom is -0.327 e. The number of rotatable bonds is 6. The van der Waals surface area contributed by atoms with Gasteiger partial charge in [-0.15, -0.1) is 0 Å². The molecular formula is C16H20ClN4OS+. The van der Waals surface area contributed by atoms with Crippen LogP contribution in [0.1, 0.15) is 16.8 Å². The van der Waals surface area contributed by atoms with Crippen molar-refractivity contribution < 1.29 is 4.99 Å². The van der Waals surface area contributed by atoms with Crippen LogP contribution in [0, 0.1) is 4.77 Å². The number of benzene rings is 1. The fraction of sp³-hybridized carbons (Fsp3) is 0.312. The second-order valence-electron chi connectivity index (χ2n) is 5.51. The third-order valence-corrected chi connectivity index (χ3v) is 3.77. The molecule has 0 fully saturated rings. The van der Waals surface area contributed by atoms with E-state index in [1.165, 1.54) is 0 Å². The minimum atomic E-state index is -0.177. The predicted octanol–water partition coefficient (Wildman–Crippen LogP) is 0.738. The van der Waals surface area contributed by atoms with E-state index in [-0.39, 0.29) is 5.56 Å². The summed E-state index contributed by atoms with van der Waals surface area (Å²) < 4.78 is 0.315. The summed E-state index contributed by atoms with van der Waals surface area (Å²) in [5.41, 5.74) is 2.17. The Balaban J connectivity index is 2.28. The van der Waals surface area contributed by atoms with Crippen LogP contribution in [0.25, 0.3) is 0 Å². The van der Waals surface area contributed by atoms with E-state index >= 15 is 0 Å². The molecule has 0 saturated heterocycles. The quantitative estimate of drug-likeness (QED) is 0.531. The highest BCUT2D eigenvalue weighted by molar-refractivity contribution is 7.71. The van der Waals surface area contributed by atoms with Gasteiger partial charge in [0.05, 0.1) is 12.1 Å². The van der Waals surface area contributed by atoms with Crippen LogP contribution in [0.15, 0.2) is 29.1 Å². The van der Waals surface area contributed by atoms with Gasteiger partial charge in [-0.05, 0) is 44.0 Å². The van der Waals surface area contributed by atoms with Gasteiger partial charge in [-0.2, -0.15) is 0 Å². The second kappa shape index (κ2) is 8.19. The molecule has 3 N–H and O–H groups in total. The smallest absolute Gasteiger partial charge is 0.256 e. The molecule has 0 radical (unpaired) electrons. The van der Waals surface area contributed by atoms with E-state index in [9.17, 15) is 4.79 Å². The maximum atomic E-state index is 12.2. The standard InChI is InChI=1S/C16H19ClN4OS/c1-21(2)8-7-18-10-14-13(15(22)20-16(23)19-14)9-11-3-5-12(17)6-4-11/h3-6,10H,7-9H2,1-2H3,(H2,19,20,22,23)/p+1. The highest BCUT2D eigenvalue weighted by Crippen LogP contribution is 2.12. The molecule has 0 atom stereocenters. The van der Waals surface area contributed by atoms with Gasteiger partial charge >= 0.3 is 0 Å². The first-order valence-corrected chi connectivity index (χ1v) is 8.05. The normalized spacial score (nSPS) is 11.5. The molecule has 0 aliphatic carbocycles. The van der Waals surface area contributed by atoms with Crippen molar-refractivity contribution >= 4 is 30.0 Å². The fourth-order valence-corrected chi connectivity index (χ4v) is 2.43. The number of nitrogens with one attached hydrogen (secondary N) is 3. The molecular weight excluding hydrogens is 332 g/mol. The van der Waals surface area contributed by atoms with Gasteiger partial charge in [0.2, 0.25) is 0 Å². The Hall–Kier alpha value is -1.76. The zero-order chi connectivity index (χ0) is 16.8. The lowest BCUT2D eigenvalue weighted by molar-refractivity contribution is -0.451. The topological polar surface area (TPSA) is 65.9 Å². The van der Waals surface area contributed by atoms with Crippen LogP contribution in [0.5, 0.6) is 0 Å². The van der Waals surface area contributed by atoms with Crippen molar-refractivity contribution in [2.24, 2.45) is 0 Å². The Morgan fingerprint density at radius 3 is 2.61 bits per heavy atom. The largest absolute Gasteiger partial charge is 0.327 e. The second-order valence-corrected chi connectivity index (χ2v) is 6.35. The Bertz CT molecular complexity index is 793. The third kappa shape index (κ3) is 5.42. The van der Waals surface area contributed by atoms with E-state index in [0.29, 0.717) is 27.5 Å². The van der Waals surface area contributed by atoms with Gasteiger partial charge in [-0.25, -0.2) is 4.99 Å². The number of aromatic nitrogens is 2. The van der Waals surface area contributed by atoms with E-state index < -0.39 is 0 Å². The molecule has 1 aromatic heterocycles. The first-order valence-electron chi connectivity index (χ1n) is 7.27. The van der Waals surface area contributed by atoms with E-state index in [2.05, 4.69) is 19.9 Å². The maximum Gasteiger partial charge on any atom is 0.256 e. The lowest BCUT2D eigenvalue weighted by atomic mass is 10.1. The molecule has 0 saturated carbocycles. The van der Waals surface area contributed by atoms with Crippen LogP contribution in [0.4, 0.5) is 0 Å². The number of aromatic amines is 2. The van der Waals surface area contributed by atoms with Crippen molar-refractivity contribution in [3.05, 3.63) is 61.2 Å². The summed E-state index contributed by atoms with van der Waals surface area (Å²) in [7, 11) is 4.02. The van der Waals surface area contributed by atoms with Crippen molar-refractivity contribution in [1.82, 2.24) is 14.9 Å². The van der Waals surface area contributed by atoms with Crippen molar-refractivity contribution in [3.8, 4) is 0 Å². The van der Waals surface area contributed by atoms with Gasteiger partial charge in [0.1, 0.15) is 5.69 Å². The number of halogens is 1. The number of hydrogen-bond donors (Lipinski definition) is 3. The highest BCUT2D eigenvalue weighted by Gasteiger charge is 2.10. The van der Waals surface area contributed by atoms with Crippen LogP contribution < -0.4 is 10.6 Å². The molecule has 0 unspecified atom stereocenters. The number of H-pyrrole nitrogens is 2. The van der Waals surface area contributed by atoms with Crippen molar-refractivity contribution in [3.63, 3.8) is 0 Å². The molecule has 0 aliphatic heterocycles. The zero-order valence-electron chi connectivity index (χ0n) is 13.1. The van der Waals surface area contributed by atoms with E-state index in [1.807, 2.05) is 38.4 Å². The van der Waals surface area contributed by atoms with Crippen molar-refractivity contribution in [1.29, 1.82) is 0 Å². The van der Waals surface area contributed by atoms with Crippen LogP contribution in [-0.4, -0.2) is 48.3 Å². The number of nitrogens with zero attached hydrogens (tertiary/aromatic N) is 1. The summed E-state index contributed by atoms with van der Waals surface area (Å²) in [6, 6.07) is 7.45. The fourth-order valence-electron chi connectivity index (χ4n) is 2.10. The van der Waals surface area contributed by atoms with Crippen LogP contribution in [0.3, 0.4) is 0 Å². The van der Waals surface area contributed by atoms with E-state index in [4.69, 9.17) is 23.8 Å². The summed E-state index contributed by atoms with van der Waals surface area (Å²) in [5.74, 6) is 0. The van der Waals surface area contributed by atoms with E-state index in [1.54, 1.807) is 6.21 Å². The number of hydrogen-bond acceptors (Lipinski definition) is 3.